The van der Waals surface area contributed by atoms with Crippen LogP contribution in [0.4, 0.5) is 4.39 Å². The Morgan fingerprint density at radius 1 is 1.57 bits per heavy atom. The van der Waals surface area contributed by atoms with Crippen LogP contribution in [-0.2, 0) is 5.54 Å². The van der Waals surface area contributed by atoms with Crippen LogP contribution in [0.15, 0.2) is 22.7 Å². The number of halogens is 2. The van der Waals surface area contributed by atoms with Gasteiger partial charge in [-0.25, -0.2) is 4.39 Å². The standard InChI is InChI=1S/C10H13BrFNO/c1-10(13,4-5-14)8-3-2-7(11)6-9(8)12/h2-3,6,14H,4-5,13H2,1H3. The average molecular weight is 262 g/mol. The van der Waals surface area contributed by atoms with Crippen molar-refractivity contribution in [3.05, 3.63) is 34.1 Å². The molecule has 0 saturated heterocycles. The Morgan fingerprint density at radius 2 is 2.21 bits per heavy atom. The molecule has 1 rings (SSSR count). The van der Waals surface area contributed by atoms with Crippen molar-refractivity contribution in [2.45, 2.75) is 18.9 Å². The van der Waals surface area contributed by atoms with Crippen LogP contribution in [0.25, 0.3) is 0 Å². The Labute approximate surface area is 91.1 Å². The fourth-order valence-electron chi connectivity index (χ4n) is 1.32. The zero-order valence-corrected chi connectivity index (χ0v) is 9.51. The van der Waals surface area contributed by atoms with Crippen molar-refractivity contribution in [2.75, 3.05) is 6.61 Å². The summed E-state index contributed by atoms with van der Waals surface area (Å²) in [5, 5.41) is 8.80. The van der Waals surface area contributed by atoms with Gasteiger partial charge in [-0.2, -0.15) is 0 Å². The summed E-state index contributed by atoms with van der Waals surface area (Å²) >= 11 is 3.17. The normalized spacial score (nSPS) is 15.2. The first-order valence-electron chi connectivity index (χ1n) is 4.32. The van der Waals surface area contributed by atoms with Crippen LogP contribution in [-0.4, -0.2) is 11.7 Å². The summed E-state index contributed by atoms with van der Waals surface area (Å²) in [7, 11) is 0. The van der Waals surface area contributed by atoms with Gasteiger partial charge in [0, 0.05) is 22.2 Å². The zero-order chi connectivity index (χ0) is 10.8. The van der Waals surface area contributed by atoms with E-state index >= 15 is 0 Å². The van der Waals surface area contributed by atoms with E-state index in [4.69, 9.17) is 10.8 Å². The molecule has 4 heteroatoms. The van der Waals surface area contributed by atoms with Gasteiger partial charge in [-0.05, 0) is 25.5 Å². The minimum absolute atomic E-state index is 0.0531. The van der Waals surface area contributed by atoms with Crippen molar-refractivity contribution in [2.24, 2.45) is 5.73 Å². The maximum absolute atomic E-state index is 13.5. The molecule has 2 nitrogen and oxygen atoms in total. The highest BCUT2D eigenvalue weighted by Gasteiger charge is 2.23. The highest BCUT2D eigenvalue weighted by atomic mass is 79.9. The van der Waals surface area contributed by atoms with Crippen LogP contribution in [0.3, 0.4) is 0 Å². The van der Waals surface area contributed by atoms with Crippen LogP contribution < -0.4 is 5.73 Å². The number of rotatable bonds is 3. The number of hydrogen-bond donors (Lipinski definition) is 2. The number of nitrogens with two attached hydrogens (primary N) is 1. The minimum Gasteiger partial charge on any atom is -0.396 e. The van der Waals surface area contributed by atoms with E-state index in [1.807, 2.05) is 0 Å². The van der Waals surface area contributed by atoms with Crippen molar-refractivity contribution in [1.29, 1.82) is 0 Å². The summed E-state index contributed by atoms with van der Waals surface area (Å²) in [5.74, 6) is -0.349. The Kier molecular flexibility index (Phi) is 3.64. The van der Waals surface area contributed by atoms with Gasteiger partial charge in [0.1, 0.15) is 5.82 Å². The van der Waals surface area contributed by atoms with Gasteiger partial charge in [-0.3, -0.25) is 0 Å². The van der Waals surface area contributed by atoms with E-state index in [9.17, 15) is 4.39 Å². The topological polar surface area (TPSA) is 46.2 Å². The molecule has 0 spiro atoms. The summed E-state index contributed by atoms with van der Waals surface area (Å²) in [6.45, 7) is 1.65. The molecule has 0 aliphatic rings. The Hall–Kier alpha value is -0.450. The predicted molar refractivity (Wildman–Crippen MR) is 57.3 cm³/mol. The Bertz CT molecular complexity index is 328. The third-order valence-corrected chi connectivity index (χ3v) is 2.67. The van der Waals surface area contributed by atoms with Gasteiger partial charge in [0.2, 0.25) is 0 Å². The van der Waals surface area contributed by atoms with E-state index in [1.54, 1.807) is 19.1 Å². The van der Waals surface area contributed by atoms with Crippen LogP contribution in [0.5, 0.6) is 0 Å². The number of hydrogen-bond acceptors (Lipinski definition) is 2. The molecular weight excluding hydrogens is 249 g/mol. The van der Waals surface area contributed by atoms with E-state index in [1.165, 1.54) is 6.07 Å². The maximum atomic E-state index is 13.5. The zero-order valence-electron chi connectivity index (χ0n) is 7.93. The lowest BCUT2D eigenvalue weighted by Gasteiger charge is -2.24. The summed E-state index contributed by atoms with van der Waals surface area (Å²) in [6, 6.07) is 4.74. The van der Waals surface area contributed by atoms with Crippen molar-refractivity contribution >= 4 is 15.9 Å². The molecule has 14 heavy (non-hydrogen) atoms. The molecular formula is C10H13BrFNO. The largest absolute Gasteiger partial charge is 0.396 e. The summed E-state index contributed by atoms with van der Waals surface area (Å²) in [4.78, 5) is 0. The van der Waals surface area contributed by atoms with E-state index in [0.717, 1.165) is 0 Å². The first-order valence-corrected chi connectivity index (χ1v) is 5.12. The summed E-state index contributed by atoms with van der Waals surface area (Å²) < 4.78 is 14.2. The van der Waals surface area contributed by atoms with E-state index in [-0.39, 0.29) is 12.4 Å². The molecule has 1 aromatic carbocycles. The van der Waals surface area contributed by atoms with Gasteiger partial charge >= 0.3 is 0 Å². The molecule has 78 valence electrons. The van der Waals surface area contributed by atoms with Crippen LogP contribution in [0, 0.1) is 5.82 Å². The van der Waals surface area contributed by atoms with Crippen LogP contribution >= 0.6 is 15.9 Å². The number of benzene rings is 1. The van der Waals surface area contributed by atoms with Crippen molar-refractivity contribution in [1.82, 2.24) is 0 Å². The van der Waals surface area contributed by atoms with Crippen molar-refractivity contribution in [3.63, 3.8) is 0 Å². The highest BCUT2D eigenvalue weighted by molar-refractivity contribution is 9.10. The number of aliphatic hydroxyl groups excluding tert-OH is 1. The second-order valence-corrected chi connectivity index (χ2v) is 4.43. The second kappa shape index (κ2) is 4.38. The molecule has 0 radical (unpaired) electrons. The SMILES string of the molecule is CC(N)(CCO)c1ccc(Br)cc1F. The lowest BCUT2D eigenvalue weighted by atomic mass is 9.90. The molecule has 0 bridgehead atoms. The quantitative estimate of drug-likeness (QED) is 0.876. The van der Waals surface area contributed by atoms with Gasteiger partial charge in [-0.15, -0.1) is 0 Å². The molecule has 0 saturated carbocycles. The van der Waals surface area contributed by atoms with Crippen LogP contribution in [0.1, 0.15) is 18.9 Å². The first-order chi connectivity index (χ1) is 6.47. The van der Waals surface area contributed by atoms with Crippen LogP contribution in [0.2, 0.25) is 0 Å². The third kappa shape index (κ3) is 2.53. The van der Waals surface area contributed by atoms with Gasteiger partial charge in [0.25, 0.3) is 0 Å². The lowest BCUT2D eigenvalue weighted by molar-refractivity contribution is 0.244. The Morgan fingerprint density at radius 3 is 2.71 bits per heavy atom. The van der Waals surface area contributed by atoms with Gasteiger partial charge in [0.05, 0.1) is 0 Å². The molecule has 1 aromatic rings. The number of aliphatic hydroxyl groups is 1. The third-order valence-electron chi connectivity index (χ3n) is 2.18. The fraction of sp³-hybridized carbons (Fsp3) is 0.400. The molecule has 0 heterocycles. The van der Waals surface area contributed by atoms with Crippen molar-refractivity contribution < 1.29 is 9.50 Å². The maximum Gasteiger partial charge on any atom is 0.129 e. The van der Waals surface area contributed by atoms with Gasteiger partial charge in [-0.1, -0.05) is 22.0 Å². The molecule has 0 amide bonds. The summed E-state index contributed by atoms with van der Waals surface area (Å²) in [6.07, 6.45) is 0.339. The summed E-state index contributed by atoms with van der Waals surface area (Å²) in [5.41, 5.74) is 5.49. The van der Waals surface area contributed by atoms with Crippen molar-refractivity contribution in [3.8, 4) is 0 Å². The smallest absolute Gasteiger partial charge is 0.129 e. The van der Waals surface area contributed by atoms with E-state index < -0.39 is 5.54 Å². The first kappa shape index (κ1) is 11.6. The molecule has 0 aliphatic heterocycles. The molecule has 1 atom stereocenters. The van der Waals surface area contributed by atoms with Gasteiger partial charge in [0.15, 0.2) is 0 Å². The van der Waals surface area contributed by atoms with E-state index in [0.29, 0.717) is 16.5 Å². The Balaban J connectivity index is 3.06. The lowest BCUT2D eigenvalue weighted by Crippen LogP contribution is -2.35. The predicted octanol–water partition coefficient (Wildman–Crippen LogP) is 2.14. The van der Waals surface area contributed by atoms with Gasteiger partial charge < -0.3 is 10.8 Å². The van der Waals surface area contributed by atoms with E-state index in [2.05, 4.69) is 15.9 Å². The molecule has 0 fully saturated rings. The monoisotopic (exact) mass is 261 g/mol. The molecule has 0 aromatic heterocycles. The molecule has 0 aliphatic carbocycles. The fourth-order valence-corrected chi connectivity index (χ4v) is 1.65. The average Bonchev–Trinajstić information content (AvgIpc) is 2.02. The second-order valence-electron chi connectivity index (χ2n) is 3.52. The molecule has 1 unspecified atom stereocenters. The minimum atomic E-state index is -0.820. The molecule has 3 N–H and O–H groups in total. The highest BCUT2D eigenvalue weighted by Crippen LogP contribution is 2.26.